The van der Waals surface area contributed by atoms with Gasteiger partial charge in [0.05, 0.1) is 15.5 Å². The summed E-state index contributed by atoms with van der Waals surface area (Å²) < 4.78 is 26.7. The van der Waals surface area contributed by atoms with Crippen molar-refractivity contribution in [1.82, 2.24) is 10.0 Å². The highest BCUT2D eigenvalue weighted by Gasteiger charge is 2.15. The first-order valence-electron chi connectivity index (χ1n) is 7.68. The van der Waals surface area contributed by atoms with Crippen LogP contribution < -0.4 is 15.4 Å². The molecular formula is C17H18ClN3O3S2. The van der Waals surface area contributed by atoms with E-state index in [9.17, 15) is 13.2 Å². The molecule has 0 atom stereocenters. The fourth-order valence-electron chi connectivity index (χ4n) is 2.07. The van der Waals surface area contributed by atoms with Gasteiger partial charge in [-0.15, -0.1) is 0 Å². The summed E-state index contributed by atoms with van der Waals surface area (Å²) in [6.07, 6.45) is 0. The molecule has 0 aliphatic rings. The molecule has 0 saturated carbocycles. The van der Waals surface area contributed by atoms with Gasteiger partial charge in [0, 0.05) is 11.7 Å². The third-order valence-electron chi connectivity index (χ3n) is 3.16. The third kappa shape index (κ3) is 5.50. The molecule has 0 saturated heterocycles. The van der Waals surface area contributed by atoms with E-state index in [0.29, 0.717) is 16.3 Å². The lowest BCUT2D eigenvalue weighted by Gasteiger charge is -2.12. The first-order chi connectivity index (χ1) is 12.2. The van der Waals surface area contributed by atoms with E-state index in [2.05, 4.69) is 15.4 Å². The molecule has 0 radical (unpaired) electrons. The lowest BCUT2D eigenvalue weighted by atomic mass is 10.2. The molecule has 3 N–H and O–H groups in total. The standard InChI is InChI=1S/C17H18ClN3O3S2/c1-11(2)21-26(23,24)13-9-7-12(8-10-13)19-17(25)20-16(22)14-5-3-4-6-15(14)18/h3-11,21H,1-2H3,(H2,19,20,22,25). The van der Waals surface area contributed by atoms with E-state index in [1.165, 1.54) is 12.1 Å². The monoisotopic (exact) mass is 411 g/mol. The molecule has 0 aliphatic heterocycles. The summed E-state index contributed by atoms with van der Waals surface area (Å²) >= 11 is 11.1. The van der Waals surface area contributed by atoms with Gasteiger partial charge in [0.1, 0.15) is 0 Å². The summed E-state index contributed by atoms with van der Waals surface area (Å²) in [6.45, 7) is 3.49. The second-order valence-electron chi connectivity index (χ2n) is 5.69. The average Bonchev–Trinajstić information content (AvgIpc) is 2.54. The Hall–Kier alpha value is -2.00. The van der Waals surface area contributed by atoms with Crippen LogP contribution in [0.5, 0.6) is 0 Å². The Kier molecular flexibility index (Phi) is 6.71. The topological polar surface area (TPSA) is 87.3 Å². The number of nitrogens with one attached hydrogen (secondary N) is 3. The predicted molar refractivity (Wildman–Crippen MR) is 107 cm³/mol. The van der Waals surface area contributed by atoms with Gasteiger partial charge >= 0.3 is 0 Å². The SMILES string of the molecule is CC(C)NS(=O)(=O)c1ccc(NC(=S)NC(=O)c2ccccc2Cl)cc1. The summed E-state index contributed by atoms with van der Waals surface area (Å²) in [5, 5.41) is 5.74. The number of rotatable bonds is 5. The van der Waals surface area contributed by atoms with Gasteiger partial charge in [0.2, 0.25) is 10.0 Å². The summed E-state index contributed by atoms with van der Waals surface area (Å²) in [7, 11) is -3.56. The molecule has 26 heavy (non-hydrogen) atoms. The van der Waals surface area contributed by atoms with Gasteiger partial charge in [-0.25, -0.2) is 13.1 Å². The molecule has 0 unspecified atom stereocenters. The highest BCUT2D eigenvalue weighted by atomic mass is 35.5. The molecule has 0 aromatic heterocycles. The van der Waals surface area contributed by atoms with Crippen LogP contribution in [0, 0.1) is 0 Å². The Morgan fingerprint density at radius 2 is 1.69 bits per heavy atom. The first-order valence-corrected chi connectivity index (χ1v) is 9.95. The number of carbonyl (C=O) groups is 1. The maximum atomic E-state index is 12.1. The van der Waals surface area contributed by atoms with Crippen molar-refractivity contribution in [3.8, 4) is 0 Å². The average molecular weight is 412 g/mol. The normalized spacial score (nSPS) is 11.2. The molecular weight excluding hydrogens is 394 g/mol. The van der Waals surface area contributed by atoms with E-state index in [1.807, 2.05) is 0 Å². The van der Waals surface area contributed by atoms with Gasteiger partial charge in [-0.05, 0) is 62.5 Å². The van der Waals surface area contributed by atoms with Crippen molar-refractivity contribution >= 4 is 50.5 Å². The minimum Gasteiger partial charge on any atom is -0.332 e. The van der Waals surface area contributed by atoms with E-state index in [4.69, 9.17) is 23.8 Å². The number of hydrogen-bond donors (Lipinski definition) is 3. The number of sulfonamides is 1. The number of benzene rings is 2. The number of halogens is 1. The number of carbonyl (C=O) groups excluding carboxylic acids is 1. The molecule has 138 valence electrons. The maximum Gasteiger partial charge on any atom is 0.258 e. The van der Waals surface area contributed by atoms with E-state index in [1.54, 1.807) is 50.2 Å². The smallest absolute Gasteiger partial charge is 0.258 e. The lowest BCUT2D eigenvalue weighted by molar-refractivity contribution is 0.0978. The van der Waals surface area contributed by atoms with Crippen molar-refractivity contribution < 1.29 is 13.2 Å². The zero-order chi connectivity index (χ0) is 19.3. The first kappa shape index (κ1) is 20.3. The summed E-state index contributed by atoms with van der Waals surface area (Å²) in [4.78, 5) is 12.3. The van der Waals surface area contributed by atoms with Crippen LogP contribution in [-0.4, -0.2) is 25.5 Å². The van der Waals surface area contributed by atoms with Gasteiger partial charge in [0.15, 0.2) is 5.11 Å². The van der Waals surface area contributed by atoms with Crippen LogP contribution in [0.1, 0.15) is 24.2 Å². The number of thiocarbonyl (C=S) groups is 1. The highest BCUT2D eigenvalue weighted by molar-refractivity contribution is 7.89. The van der Waals surface area contributed by atoms with Crippen molar-refractivity contribution in [3.63, 3.8) is 0 Å². The Balaban J connectivity index is 2.02. The molecule has 2 aromatic rings. The summed E-state index contributed by atoms with van der Waals surface area (Å²) in [5.41, 5.74) is 0.845. The predicted octanol–water partition coefficient (Wildman–Crippen LogP) is 3.15. The zero-order valence-corrected chi connectivity index (χ0v) is 16.5. The van der Waals surface area contributed by atoms with Gasteiger partial charge < -0.3 is 5.32 Å². The minimum atomic E-state index is -3.56. The van der Waals surface area contributed by atoms with Gasteiger partial charge in [-0.1, -0.05) is 23.7 Å². The third-order valence-corrected chi connectivity index (χ3v) is 5.37. The van der Waals surface area contributed by atoms with Crippen molar-refractivity contribution in [2.75, 3.05) is 5.32 Å². The van der Waals surface area contributed by atoms with Gasteiger partial charge in [-0.3, -0.25) is 10.1 Å². The van der Waals surface area contributed by atoms with Crippen molar-refractivity contribution in [1.29, 1.82) is 0 Å². The summed E-state index contributed by atoms with van der Waals surface area (Å²) in [5.74, 6) is -0.437. The molecule has 2 aromatic carbocycles. The fraction of sp³-hybridized carbons (Fsp3) is 0.176. The second-order valence-corrected chi connectivity index (χ2v) is 8.22. The molecule has 0 spiro atoms. The van der Waals surface area contributed by atoms with Gasteiger partial charge in [-0.2, -0.15) is 0 Å². The van der Waals surface area contributed by atoms with E-state index in [-0.39, 0.29) is 16.0 Å². The van der Waals surface area contributed by atoms with Crippen LogP contribution in [0.2, 0.25) is 5.02 Å². The van der Waals surface area contributed by atoms with Crippen molar-refractivity contribution in [2.45, 2.75) is 24.8 Å². The quantitative estimate of drug-likeness (QED) is 0.658. The Labute approximate surface area is 163 Å². The number of anilines is 1. The van der Waals surface area contributed by atoms with E-state index in [0.717, 1.165) is 0 Å². The molecule has 0 heterocycles. The van der Waals surface area contributed by atoms with Gasteiger partial charge in [0.25, 0.3) is 5.91 Å². The molecule has 1 amide bonds. The molecule has 2 rings (SSSR count). The maximum absolute atomic E-state index is 12.1. The largest absolute Gasteiger partial charge is 0.332 e. The Bertz CT molecular complexity index is 913. The van der Waals surface area contributed by atoms with Crippen molar-refractivity contribution in [2.24, 2.45) is 0 Å². The van der Waals surface area contributed by atoms with Crippen LogP contribution in [0.15, 0.2) is 53.4 Å². The molecule has 6 nitrogen and oxygen atoms in total. The molecule has 9 heteroatoms. The zero-order valence-electron chi connectivity index (χ0n) is 14.1. The van der Waals surface area contributed by atoms with Crippen molar-refractivity contribution in [3.05, 3.63) is 59.1 Å². The van der Waals surface area contributed by atoms with Crippen LogP contribution in [0.4, 0.5) is 5.69 Å². The minimum absolute atomic E-state index is 0.0748. The fourth-order valence-corrected chi connectivity index (χ4v) is 3.76. The number of amides is 1. The van der Waals surface area contributed by atoms with E-state index >= 15 is 0 Å². The number of hydrogen-bond acceptors (Lipinski definition) is 4. The molecule has 0 bridgehead atoms. The van der Waals surface area contributed by atoms with E-state index < -0.39 is 15.9 Å². The highest BCUT2D eigenvalue weighted by Crippen LogP contribution is 2.16. The Morgan fingerprint density at radius 3 is 2.27 bits per heavy atom. The second kappa shape index (κ2) is 8.59. The van der Waals surface area contributed by atoms with Crippen LogP contribution >= 0.6 is 23.8 Å². The lowest BCUT2D eigenvalue weighted by Crippen LogP contribution is -2.34. The van der Waals surface area contributed by atoms with Crippen LogP contribution in [0.25, 0.3) is 0 Å². The van der Waals surface area contributed by atoms with Crippen LogP contribution in [-0.2, 0) is 10.0 Å². The Morgan fingerprint density at radius 1 is 1.08 bits per heavy atom. The van der Waals surface area contributed by atoms with Crippen LogP contribution in [0.3, 0.4) is 0 Å². The molecule has 0 aliphatic carbocycles. The molecule has 0 fully saturated rings. The summed E-state index contributed by atoms with van der Waals surface area (Å²) in [6, 6.07) is 12.4.